The summed E-state index contributed by atoms with van der Waals surface area (Å²) in [7, 11) is 1.52. The van der Waals surface area contributed by atoms with Crippen molar-refractivity contribution in [2.45, 2.75) is 20.0 Å². The molecule has 3 aromatic carbocycles. The van der Waals surface area contributed by atoms with Gasteiger partial charge >= 0.3 is 0 Å². The molecule has 0 aliphatic carbocycles. The van der Waals surface area contributed by atoms with Gasteiger partial charge in [-0.05, 0) is 65.6 Å². The van der Waals surface area contributed by atoms with Gasteiger partial charge in [-0.2, -0.15) is 5.26 Å². The molecule has 3 rings (SSSR count). The second kappa shape index (κ2) is 11.4. The summed E-state index contributed by atoms with van der Waals surface area (Å²) in [6.45, 7) is 2.33. The van der Waals surface area contributed by atoms with Crippen LogP contribution in [0.15, 0.2) is 66.2 Å². The quantitative estimate of drug-likeness (QED) is 0.288. The summed E-state index contributed by atoms with van der Waals surface area (Å²) in [6.07, 6.45) is 2.41. The number of methoxy groups -OCH3 is 1. The van der Waals surface area contributed by atoms with E-state index in [0.717, 1.165) is 17.5 Å². The number of hydrogen-bond acceptors (Lipinski definition) is 4. The first-order valence-corrected chi connectivity index (χ1v) is 11.0. The van der Waals surface area contributed by atoms with Crippen LogP contribution in [0.25, 0.3) is 6.08 Å². The monoisotopic (exact) mass is 480 g/mol. The fourth-order valence-corrected chi connectivity index (χ4v) is 3.34. The Balaban J connectivity index is 1.73. The van der Waals surface area contributed by atoms with Crippen molar-refractivity contribution < 1.29 is 14.3 Å². The topological polar surface area (TPSA) is 71.4 Å². The molecule has 0 aliphatic rings. The average molecular weight is 481 g/mol. The summed E-state index contributed by atoms with van der Waals surface area (Å²) >= 11 is 12.0. The highest BCUT2D eigenvalue weighted by Crippen LogP contribution is 2.30. The number of carbonyl (C=O) groups excluding carboxylic acids is 1. The van der Waals surface area contributed by atoms with Gasteiger partial charge in [0.25, 0.3) is 5.91 Å². The third-order valence-electron chi connectivity index (χ3n) is 4.86. The van der Waals surface area contributed by atoms with Crippen LogP contribution in [0, 0.1) is 11.3 Å². The summed E-state index contributed by atoms with van der Waals surface area (Å²) in [6, 6.07) is 19.9. The first-order chi connectivity index (χ1) is 15.9. The molecule has 0 heterocycles. The number of anilines is 1. The maximum atomic E-state index is 12.6. The Morgan fingerprint density at radius 2 is 1.73 bits per heavy atom. The van der Waals surface area contributed by atoms with Crippen molar-refractivity contribution in [3.05, 3.63) is 93.0 Å². The van der Waals surface area contributed by atoms with E-state index in [1.807, 2.05) is 36.4 Å². The number of amides is 1. The molecule has 0 bridgehead atoms. The van der Waals surface area contributed by atoms with Crippen molar-refractivity contribution >= 4 is 40.9 Å². The minimum Gasteiger partial charge on any atom is -0.493 e. The van der Waals surface area contributed by atoms with Gasteiger partial charge in [-0.1, -0.05) is 54.4 Å². The molecular weight excluding hydrogens is 459 g/mol. The molecule has 3 aromatic rings. The average Bonchev–Trinajstić information content (AvgIpc) is 2.83. The lowest BCUT2D eigenvalue weighted by molar-refractivity contribution is -0.112. The van der Waals surface area contributed by atoms with Gasteiger partial charge in [0.2, 0.25) is 0 Å². The molecule has 5 nitrogen and oxygen atoms in total. The molecule has 168 valence electrons. The van der Waals surface area contributed by atoms with E-state index in [1.165, 1.54) is 13.2 Å². The van der Waals surface area contributed by atoms with Gasteiger partial charge in [0.05, 0.1) is 17.2 Å². The Hall–Kier alpha value is -3.46. The van der Waals surface area contributed by atoms with Gasteiger partial charge in [0, 0.05) is 5.69 Å². The first-order valence-electron chi connectivity index (χ1n) is 10.2. The van der Waals surface area contributed by atoms with Crippen LogP contribution in [0.1, 0.15) is 23.6 Å². The number of benzene rings is 3. The van der Waals surface area contributed by atoms with Crippen molar-refractivity contribution in [1.29, 1.82) is 5.26 Å². The van der Waals surface area contributed by atoms with Crippen molar-refractivity contribution in [3.8, 4) is 17.6 Å². The minimum absolute atomic E-state index is 0.0268. The zero-order valence-electron chi connectivity index (χ0n) is 18.2. The van der Waals surface area contributed by atoms with Gasteiger partial charge in [0.1, 0.15) is 18.2 Å². The second-order valence-electron chi connectivity index (χ2n) is 7.12. The minimum atomic E-state index is -0.486. The van der Waals surface area contributed by atoms with E-state index < -0.39 is 5.91 Å². The number of carbonyl (C=O) groups is 1. The second-order valence-corrected chi connectivity index (χ2v) is 7.94. The standard InChI is InChI=1S/C26H22Cl2N2O3/c1-3-17-4-8-21(9-5-17)30-26(31)20(15-29)12-18-7-11-24(25(14-18)32-2)33-16-19-6-10-22(27)23(28)13-19/h4-14H,3,16H2,1-2H3,(H,30,31)/b20-12-. The molecule has 0 radical (unpaired) electrons. The highest BCUT2D eigenvalue weighted by molar-refractivity contribution is 6.42. The normalized spacial score (nSPS) is 10.9. The molecule has 0 saturated carbocycles. The third-order valence-corrected chi connectivity index (χ3v) is 5.60. The van der Waals surface area contributed by atoms with E-state index in [-0.39, 0.29) is 12.2 Å². The van der Waals surface area contributed by atoms with E-state index >= 15 is 0 Å². The van der Waals surface area contributed by atoms with E-state index in [9.17, 15) is 10.1 Å². The third kappa shape index (κ3) is 6.52. The lowest BCUT2D eigenvalue weighted by Gasteiger charge is -2.12. The highest BCUT2D eigenvalue weighted by atomic mass is 35.5. The van der Waals surface area contributed by atoms with Crippen LogP contribution >= 0.6 is 23.2 Å². The predicted octanol–water partition coefficient (Wildman–Crippen LogP) is 6.69. The molecule has 0 unspecified atom stereocenters. The molecule has 0 aromatic heterocycles. The number of ether oxygens (including phenoxy) is 2. The molecule has 33 heavy (non-hydrogen) atoms. The number of nitriles is 1. The highest BCUT2D eigenvalue weighted by Gasteiger charge is 2.12. The van der Waals surface area contributed by atoms with Crippen LogP contribution in [0.5, 0.6) is 11.5 Å². The van der Waals surface area contributed by atoms with Gasteiger partial charge in [-0.15, -0.1) is 0 Å². The molecule has 1 amide bonds. The molecular formula is C26H22Cl2N2O3. The largest absolute Gasteiger partial charge is 0.493 e. The molecule has 0 aliphatic heterocycles. The van der Waals surface area contributed by atoms with Crippen LogP contribution in [-0.4, -0.2) is 13.0 Å². The number of hydrogen-bond donors (Lipinski definition) is 1. The van der Waals surface area contributed by atoms with E-state index in [4.69, 9.17) is 32.7 Å². The summed E-state index contributed by atoms with van der Waals surface area (Å²) in [5.74, 6) is 0.497. The fourth-order valence-electron chi connectivity index (χ4n) is 3.02. The molecule has 0 spiro atoms. The van der Waals surface area contributed by atoms with Crippen LogP contribution < -0.4 is 14.8 Å². The molecule has 0 saturated heterocycles. The summed E-state index contributed by atoms with van der Waals surface area (Å²) < 4.78 is 11.3. The van der Waals surface area contributed by atoms with Crippen LogP contribution in [0.2, 0.25) is 10.0 Å². The zero-order valence-corrected chi connectivity index (χ0v) is 19.7. The summed E-state index contributed by atoms with van der Waals surface area (Å²) in [5, 5.41) is 13.2. The first kappa shape index (κ1) is 24.2. The Labute approximate surface area is 203 Å². The van der Waals surface area contributed by atoms with Gasteiger partial charge < -0.3 is 14.8 Å². The van der Waals surface area contributed by atoms with Gasteiger partial charge in [0.15, 0.2) is 11.5 Å². The lowest BCUT2D eigenvalue weighted by atomic mass is 10.1. The van der Waals surface area contributed by atoms with Crippen LogP contribution in [0.3, 0.4) is 0 Å². The number of nitrogens with one attached hydrogen (secondary N) is 1. The van der Waals surface area contributed by atoms with Crippen LogP contribution in [0.4, 0.5) is 5.69 Å². The van der Waals surface area contributed by atoms with E-state index in [0.29, 0.717) is 32.8 Å². The smallest absolute Gasteiger partial charge is 0.266 e. The molecule has 7 heteroatoms. The lowest BCUT2D eigenvalue weighted by Crippen LogP contribution is -2.13. The number of nitrogens with zero attached hydrogens (tertiary/aromatic N) is 1. The molecule has 0 atom stereocenters. The molecule has 0 fully saturated rings. The number of rotatable bonds is 8. The fraction of sp³-hybridized carbons (Fsp3) is 0.154. The SMILES string of the molecule is CCc1ccc(NC(=O)/C(C#N)=C\c2ccc(OCc3ccc(Cl)c(Cl)c3)c(OC)c2)cc1. The Morgan fingerprint density at radius 3 is 2.36 bits per heavy atom. The Morgan fingerprint density at radius 1 is 1.00 bits per heavy atom. The van der Waals surface area contributed by atoms with Crippen LogP contribution in [-0.2, 0) is 17.8 Å². The zero-order chi connectivity index (χ0) is 23.8. The Kier molecular flexibility index (Phi) is 8.37. The van der Waals surface area contributed by atoms with Crippen molar-refractivity contribution in [2.24, 2.45) is 0 Å². The Bertz CT molecular complexity index is 1220. The van der Waals surface area contributed by atoms with E-state index in [1.54, 1.807) is 30.3 Å². The van der Waals surface area contributed by atoms with Crippen molar-refractivity contribution in [1.82, 2.24) is 0 Å². The maximum Gasteiger partial charge on any atom is 0.266 e. The maximum absolute atomic E-state index is 12.6. The van der Waals surface area contributed by atoms with Gasteiger partial charge in [-0.25, -0.2) is 0 Å². The van der Waals surface area contributed by atoms with Crippen molar-refractivity contribution in [2.75, 3.05) is 12.4 Å². The van der Waals surface area contributed by atoms with E-state index in [2.05, 4.69) is 12.2 Å². The number of halogens is 2. The van der Waals surface area contributed by atoms with Crippen molar-refractivity contribution in [3.63, 3.8) is 0 Å². The summed E-state index contributed by atoms with van der Waals surface area (Å²) in [5.41, 5.74) is 3.24. The summed E-state index contributed by atoms with van der Waals surface area (Å²) in [4.78, 5) is 12.6. The molecule has 1 N–H and O–H groups in total. The predicted molar refractivity (Wildman–Crippen MR) is 132 cm³/mol. The van der Waals surface area contributed by atoms with Gasteiger partial charge in [-0.3, -0.25) is 4.79 Å². The number of aryl methyl sites for hydroxylation is 1.